The van der Waals surface area contributed by atoms with Crippen LogP contribution in [0.4, 0.5) is 0 Å². The molecule has 0 amide bonds. The highest BCUT2D eigenvalue weighted by Crippen LogP contribution is 2.41. The minimum Gasteiger partial charge on any atom is -0.496 e. The molecule has 0 bridgehead atoms. The number of hydrogen-bond donors (Lipinski definition) is 0. The van der Waals surface area contributed by atoms with Crippen LogP contribution in [0.5, 0.6) is 5.75 Å². The summed E-state index contributed by atoms with van der Waals surface area (Å²) in [6.07, 6.45) is 0. The Labute approximate surface area is 127 Å². The van der Waals surface area contributed by atoms with E-state index in [0.717, 1.165) is 15.8 Å². The average molecular weight is 340 g/mol. The fourth-order valence-corrected chi connectivity index (χ4v) is 2.81. The molecule has 0 aliphatic carbocycles. The standard InChI is InChI=1S/C16H16BrClO/c1-11(12-6-4-3-5-7-12)16(18)14-10-13(17)8-9-15(14)19-2/h3-11,16H,1-2H3. The van der Waals surface area contributed by atoms with Crippen molar-refractivity contribution in [2.45, 2.75) is 18.2 Å². The number of ether oxygens (including phenoxy) is 1. The normalized spacial score (nSPS) is 13.9. The largest absolute Gasteiger partial charge is 0.496 e. The van der Waals surface area contributed by atoms with Gasteiger partial charge >= 0.3 is 0 Å². The van der Waals surface area contributed by atoms with E-state index in [1.807, 2.05) is 36.4 Å². The van der Waals surface area contributed by atoms with Gasteiger partial charge in [0.15, 0.2) is 0 Å². The van der Waals surface area contributed by atoms with Gasteiger partial charge in [0.1, 0.15) is 5.75 Å². The Hall–Kier alpha value is -0.990. The lowest BCUT2D eigenvalue weighted by atomic mass is 9.93. The Morgan fingerprint density at radius 2 is 1.79 bits per heavy atom. The molecule has 0 radical (unpaired) electrons. The van der Waals surface area contributed by atoms with E-state index < -0.39 is 0 Å². The Morgan fingerprint density at radius 3 is 2.42 bits per heavy atom. The number of hydrogen-bond acceptors (Lipinski definition) is 1. The molecule has 1 nitrogen and oxygen atoms in total. The van der Waals surface area contributed by atoms with E-state index in [4.69, 9.17) is 16.3 Å². The summed E-state index contributed by atoms with van der Waals surface area (Å²) in [5.41, 5.74) is 2.24. The zero-order valence-corrected chi connectivity index (χ0v) is 13.3. The first-order chi connectivity index (χ1) is 9.13. The molecule has 0 aliphatic rings. The quantitative estimate of drug-likeness (QED) is 0.664. The average Bonchev–Trinajstić information content (AvgIpc) is 2.46. The molecule has 100 valence electrons. The van der Waals surface area contributed by atoms with Crippen LogP contribution in [0.2, 0.25) is 0 Å². The number of rotatable bonds is 4. The van der Waals surface area contributed by atoms with Crippen molar-refractivity contribution in [2.75, 3.05) is 7.11 Å². The first kappa shape index (κ1) is 14.4. The molecule has 2 unspecified atom stereocenters. The van der Waals surface area contributed by atoms with Crippen LogP contribution in [0, 0.1) is 0 Å². The summed E-state index contributed by atoms with van der Waals surface area (Å²) in [5, 5.41) is -0.130. The summed E-state index contributed by atoms with van der Waals surface area (Å²) < 4.78 is 6.41. The summed E-state index contributed by atoms with van der Waals surface area (Å²) in [7, 11) is 1.67. The van der Waals surface area contributed by atoms with Gasteiger partial charge in [-0.15, -0.1) is 11.6 Å². The van der Waals surface area contributed by atoms with E-state index >= 15 is 0 Å². The summed E-state index contributed by atoms with van der Waals surface area (Å²) in [6, 6.07) is 16.2. The van der Waals surface area contributed by atoms with E-state index in [0.29, 0.717) is 0 Å². The molecule has 2 rings (SSSR count). The minimum atomic E-state index is -0.130. The van der Waals surface area contributed by atoms with Crippen molar-refractivity contribution in [2.24, 2.45) is 0 Å². The van der Waals surface area contributed by atoms with Crippen molar-refractivity contribution >= 4 is 27.5 Å². The summed E-state index contributed by atoms with van der Waals surface area (Å²) in [6.45, 7) is 2.13. The molecule has 19 heavy (non-hydrogen) atoms. The zero-order chi connectivity index (χ0) is 13.8. The van der Waals surface area contributed by atoms with Gasteiger partial charge < -0.3 is 4.74 Å². The van der Waals surface area contributed by atoms with Gasteiger partial charge in [-0.3, -0.25) is 0 Å². The van der Waals surface area contributed by atoms with Crippen LogP contribution in [-0.4, -0.2) is 7.11 Å². The van der Waals surface area contributed by atoms with Gasteiger partial charge in [0.2, 0.25) is 0 Å². The fraction of sp³-hybridized carbons (Fsp3) is 0.250. The highest BCUT2D eigenvalue weighted by atomic mass is 79.9. The molecule has 3 heteroatoms. The lowest BCUT2D eigenvalue weighted by Crippen LogP contribution is -2.04. The molecule has 0 saturated carbocycles. The van der Waals surface area contributed by atoms with Crippen LogP contribution in [0.3, 0.4) is 0 Å². The van der Waals surface area contributed by atoms with Crippen LogP contribution in [0.15, 0.2) is 53.0 Å². The van der Waals surface area contributed by atoms with Crippen molar-refractivity contribution in [3.63, 3.8) is 0 Å². The van der Waals surface area contributed by atoms with Crippen molar-refractivity contribution in [3.05, 3.63) is 64.1 Å². The second-order valence-electron chi connectivity index (χ2n) is 4.49. The van der Waals surface area contributed by atoms with Gasteiger partial charge in [-0.05, 0) is 23.8 Å². The third-order valence-corrected chi connectivity index (χ3v) is 4.36. The molecule has 0 aliphatic heterocycles. The lowest BCUT2D eigenvalue weighted by Gasteiger charge is -2.21. The Balaban J connectivity index is 2.33. The van der Waals surface area contributed by atoms with Crippen LogP contribution in [-0.2, 0) is 0 Å². The van der Waals surface area contributed by atoms with Gasteiger partial charge in [0, 0.05) is 16.0 Å². The molecule has 0 N–H and O–H groups in total. The summed E-state index contributed by atoms with van der Waals surface area (Å²) in [4.78, 5) is 0. The molecule has 2 aromatic carbocycles. The maximum absolute atomic E-state index is 6.65. The second kappa shape index (κ2) is 6.44. The highest BCUT2D eigenvalue weighted by molar-refractivity contribution is 9.10. The molecule has 0 fully saturated rings. The molecule has 0 saturated heterocycles. The lowest BCUT2D eigenvalue weighted by molar-refractivity contribution is 0.407. The van der Waals surface area contributed by atoms with Gasteiger partial charge in [-0.2, -0.15) is 0 Å². The smallest absolute Gasteiger partial charge is 0.123 e. The maximum atomic E-state index is 6.65. The van der Waals surface area contributed by atoms with E-state index in [-0.39, 0.29) is 11.3 Å². The number of alkyl halides is 1. The van der Waals surface area contributed by atoms with Crippen molar-refractivity contribution in [1.29, 1.82) is 0 Å². The number of benzene rings is 2. The molecule has 2 aromatic rings. The zero-order valence-electron chi connectivity index (χ0n) is 10.9. The first-order valence-electron chi connectivity index (χ1n) is 6.16. The van der Waals surface area contributed by atoms with Gasteiger partial charge in [-0.25, -0.2) is 0 Å². The fourth-order valence-electron chi connectivity index (χ4n) is 2.12. The van der Waals surface area contributed by atoms with E-state index in [1.54, 1.807) is 7.11 Å². The SMILES string of the molecule is COc1ccc(Br)cc1C(Cl)C(C)c1ccccc1. The van der Waals surface area contributed by atoms with E-state index in [9.17, 15) is 0 Å². The predicted octanol–water partition coefficient (Wildman–Crippen LogP) is 5.54. The number of methoxy groups -OCH3 is 1. The Bertz CT molecular complexity index is 542. The van der Waals surface area contributed by atoms with E-state index in [2.05, 4.69) is 35.0 Å². The molecule has 0 heterocycles. The molecule has 0 spiro atoms. The Morgan fingerprint density at radius 1 is 1.11 bits per heavy atom. The molecular weight excluding hydrogens is 324 g/mol. The minimum absolute atomic E-state index is 0.130. The van der Waals surface area contributed by atoms with Gasteiger partial charge in [-0.1, -0.05) is 53.2 Å². The van der Waals surface area contributed by atoms with E-state index in [1.165, 1.54) is 5.56 Å². The van der Waals surface area contributed by atoms with Crippen LogP contribution >= 0.6 is 27.5 Å². The van der Waals surface area contributed by atoms with Gasteiger partial charge in [0.05, 0.1) is 12.5 Å². The third-order valence-electron chi connectivity index (χ3n) is 3.25. The van der Waals surface area contributed by atoms with Crippen molar-refractivity contribution in [3.8, 4) is 5.75 Å². The maximum Gasteiger partial charge on any atom is 0.123 e. The summed E-state index contributed by atoms with van der Waals surface area (Å²) in [5.74, 6) is 1.04. The van der Waals surface area contributed by atoms with Crippen LogP contribution in [0.25, 0.3) is 0 Å². The Kier molecular flexibility index (Phi) is 4.89. The molecular formula is C16H16BrClO. The molecule has 0 aromatic heterocycles. The van der Waals surface area contributed by atoms with Crippen LogP contribution < -0.4 is 4.74 Å². The third kappa shape index (κ3) is 3.31. The van der Waals surface area contributed by atoms with Gasteiger partial charge in [0.25, 0.3) is 0 Å². The van der Waals surface area contributed by atoms with Crippen LogP contribution in [0.1, 0.15) is 29.3 Å². The first-order valence-corrected chi connectivity index (χ1v) is 7.39. The monoisotopic (exact) mass is 338 g/mol. The van der Waals surface area contributed by atoms with Crippen molar-refractivity contribution < 1.29 is 4.74 Å². The number of halogens is 2. The predicted molar refractivity (Wildman–Crippen MR) is 84.1 cm³/mol. The summed E-state index contributed by atoms with van der Waals surface area (Å²) >= 11 is 10.1. The van der Waals surface area contributed by atoms with Crippen molar-refractivity contribution in [1.82, 2.24) is 0 Å². The topological polar surface area (TPSA) is 9.23 Å². The molecule has 2 atom stereocenters. The second-order valence-corrected chi connectivity index (χ2v) is 5.87. The highest BCUT2D eigenvalue weighted by Gasteiger charge is 2.21.